The van der Waals surface area contributed by atoms with Crippen LogP contribution in [-0.4, -0.2) is 18.1 Å². The third-order valence-electron chi connectivity index (χ3n) is 2.33. The van der Waals surface area contributed by atoms with Crippen LogP contribution in [0, 0.1) is 0 Å². The van der Waals surface area contributed by atoms with Crippen molar-refractivity contribution in [1.29, 1.82) is 0 Å². The molecule has 1 aromatic carbocycles. The monoisotopic (exact) mass is 263 g/mol. The summed E-state index contributed by atoms with van der Waals surface area (Å²) >= 11 is 1.71. The number of halogens is 3. The Morgan fingerprint density at radius 1 is 1.35 bits per heavy atom. The molecule has 1 N–H and O–H groups in total. The molecule has 1 rings (SSSR count). The van der Waals surface area contributed by atoms with Gasteiger partial charge < -0.3 is 5.32 Å². The number of thioether (sulfide) groups is 1. The van der Waals surface area contributed by atoms with Gasteiger partial charge in [-0.3, -0.25) is 0 Å². The molecule has 0 spiro atoms. The Balaban J connectivity index is 2.60. The lowest BCUT2D eigenvalue weighted by Gasteiger charge is -2.13. The van der Waals surface area contributed by atoms with Crippen molar-refractivity contribution < 1.29 is 13.2 Å². The molecule has 0 aliphatic heterocycles. The summed E-state index contributed by atoms with van der Waals surface area (Å²) in [4.78, 5) is 0. The van der Waals surface area contributed by atoms with Crippen LogP contribution in [0.25, 0.3) is 0 Å². The number of alkyl halides is 3. The number of hydrogen-bond acceptors (Lipinski definition) is 2. The van der Waals surface area contributed by atoms with Crippen molar-refractivity contribution in [2.75, 3.05) is 12.0 Å². The quantitative estimate of drug-likeness (QED) is 0.872. The van der Waals surface area contributed by atoms with Crippen LogP contribution in [0.5, 0.6) is 0 Å². The van der Waals surface area contributed by atoms with Gasteiger partial charge >= 0.3 is 6.18 Å². The van der Waals surface area contributed by atoms with Crippen molar-refractivity contribution in [3.8, 4) is 0 Å². The van der Waals surface area contributed by atoms with Crippen LogP contribution in [0.2, 0.25) is 0 Å². The van der Waals surface area contributed by atoms with E-state index >= 15 is 0 Å². The minimum atomic E-state index is -4.26. The van der Waals surface area contributed by atoms with Crippen molar-refractivity contribution in [2.24, 2.45) is 0 Å². The van der Waals surface area contributed by atoms with Gasteiger partial charge in [0.25, 0.3) is 0 Å². The van der Waals surface area contributed by atoms with E-state index in [4.69, 9.17) is 0 Å². The van der Waals surface area contributed by atoms with E-state index in [1.165, 1.54) is 12.1 Å². The highest BCUT2D eigenvalue weighted by molar-refractivity contribution is 7.98. The fourth-order valence-electron chi connectivity index (χ4n) is 1.46. The van der Waals surface area contributed by atoms with Gasteiger partial charge in [-0.15, -0.1) is 0 Å². The molecular formula is C12H16F3NS. The lowest BCUT2D eigenvalue weighted by Crippen LogP contribution is -2.27. The molecule has 1 atom stereocenters. The second-order valence-corrected chi connectivity index (χ2v) is 4.85. The Morgan fingerprint density at radius 2 is 2.06 bits per heavy atom. The van der Waals surface area contributed by atoms with E-state index < -0.39 is 11.7 Å². The van der Waals surface area contributed by atoms with Crippen molar-refractivity contribution in [1.82, 2.24) is 5.32 Å². The van der Waals surface area contributed by atoms with Crippen molar-refractivity contribution >= 4 is 11.8 Å². The Labute approximate surface area is 104 Å². The molecule has 1 unspecified atom stereocenters. The summed E-state index contributed by atoms with van der Waals surface area (Å²) < 4.78 is 37.4. The Kier molecular flexibility index (Phi) is 5.33. The lowest BCUT2D eigenvalue weighted by atomic mass is 10.1. The highest BCUT2D eigenvalue weighted by atomic mass is 32.2. The van der Waals surface area contributed by atoms with Crippen LogP contribution in [0.4, 0.5) is 13.2 Å². The maximum Gasteiger partial charge on any atom is 0.416 e. The topological polar surface area (TPSA) is 12.0 Å². The molecule has 0 aliphatic rings. The molecule has 0 aromatic heterocycles. The van der Waals surface area contributed by atoms with Crippen LogP contribution < -0.4 is 5.32 Å². The smallest absolute Gasteiger partial charge is 0.309 e. The SMILES string of the molecule is CSCC(C)NCc1cccc(C(F)(F)F)c1. The second-order valence-electron chi connectivity index (χ2n) is 3.94. The van der Waals surface area contributed by atoms with Gasteiger partial charge in [-0.1, -0.05) is 18.2 Å². The molecule has 0 amide bonds. The molecule has 0 radical (unpaired) electrons. The van der Waals surface area contributed by atoms with Crippen LogP contribution in [0.15, 0.2) is 24.3 Å². The molecule has 1 aromatic rings. The van der Waals surface area contributed by atoms with Crippen LogP contribution >= 0.6 is 11.8 Å². The summed E-state index contributed by atoms with van der Waals surface area (Å²) in [5.74, 6) is 0.943. The van der Waals surface area contributed by atoms with Crippen LogP contribution in [-0.2, 0) is 12.7 Å². The van der Waals surface area contributed by atoms with E-state index in [2.05, 4.69) is 5.32 Å². The zero-order chi connectivity index (χ0) is 12.9. The highest BCUT2D eigenvalue weighted by Gasteiger charge is 2.30. The zero-order valence-electron chi connectivity index (χ0n) is 9.84. The number of benzene rings is 1. The van der Waals surface area contributed by atoms with E-state index in [9.17, 15) is 13.2 Å². The van der Waals surface area contributed by atoms with Gasteiger partial charge in [0.05, 0.1) is 5.56 Å². The summed E-state index contributed by atoms with van der Waals surface area (Å²) in [7, 11) is 0. The molecule has 96 valence electrons. The fraction of sp³-hybridized carbons (Fsp3) is 0.500. The standard InChI is InChI=1S/C12H16F3NS/c1-9(8-17-2)16-7-10-4-3-5-11(6-10)12(13,14)15/h3-6,9,16H,7-8H2,1-2H3. The average molecular weight is 263 g/mol. The molecule has 17 heavy (non-hydrogen) atoms. The Morgan fingerprint density at radius 3 is 2.65 bits per heavy atom. The first kappa shape index (κ1) is 14.4. The minimum Gasteiger partial charge on any atom is -0.309 e. The predicted molar refractivity (Wildman–Crippen MR) is 66.1 cm³/mol. The first-order chi connectivity index (χ1) is 7.93. The molecule has 0 aliphatic carbocycles. The Hall–Kier alpha value is -0.680. The molecule has 0 heterocycles. The molecule has 0 saturated carbocycles. The summed E-state index contributed by atoms with van der Waals surface area (Å²) in [5, 5.41) is 3.19. The summed E-state index contributed by atoms with van der Waals surface area (Å²) in [6.45, 7) is 2.48. The van der Waals surface area contributed by atoms with Crippen LogP contribution in [0.3, 0.4) is 0 Å². The summed E-state index contributed by atoms with van der Waals surface area (Å²) in [6.07, 6.45) is -2.26. The Bertz CT molecular complexity index is 352. The van der Waals surface area contributed by atoms with Gasteiger partial charge in [-0.05, 0) is 24.8 Å². The van der Waals surface area contributed by atoms with E-state index in [1.54, 1.807) is 17.8 Å². The maximum absolute atomic E-state index is 12.5. The molecular weight excluding hydrogens is 247 g/mol. The van der Waals surface area contributed by atoms with Crippen molar-refractivity contribution in [2.45, 2.75) is 25.7 Å². The van der Waals surface area contributed by atoms with Gasteiger partial charge in [0, 0.05) is 18.3 Å². The maximum atomic E-state index is 12.5. The summed E-state index contributed by atoms with van der Waals surface area (Å²) in [6, 6.07) is 5.72. The van der Waals surface area contributed by atoms with Gasteiger partial charge in [0.2, 0.25) is 0 Å². The number of hydrogen-bond donors (Lipinski definition) is 1. The molecule has 1 nitrogen and oxygen atoms in total. The van der Waals surface area contributed by atoms with E-state index in [0.29, 0.717) is 18.2 Å². The van der Waals surface area contributed by atoms with E-state index in [0.717, 1.165) is 11.8 Å². The first-order valence-corrected chi connectivity index (χ1v) is 6.71. The third-order valence-corrected chi connectivity index (χ3v) is 3.16. The number of rotatable bonds is 5. The first-order valence-electron chi connectivity index (χ1n) is 5.32. The largest absolute Gasteiger partial charge is 0.416 e. The van der Waals surface area contributed by atoms with Gasteiger partial charge in [-0.25, -0.2) is 0 Å². The molecule has 0 bridgehead atoms. The van der Waals surface area contributed by atoms with Gasteiger partial charge in [-0.2, -0.15) is 24.9 Å². The normalized spacial score (nSPS) is 13.7. The highest BCUT2D eigenvalue weighted by Crippen LogP contribution is 2.29. The fourth-order valence-corrected chi connectivity index (χ4v) is 2.08. The lowest BCUT2D eigenvalue weighted by molar-refractivity contribution is -0.137. The second kappa shape index (κ2) is 6.31. The molecule has 0 saturated heterocycles. The van der Waals surface area contributed by atoms with Gasteiger partial charge in [0.15, 0.2) is 0 Å². The van der Waals surface area contributed by atoms with Crippen molar-refractivity contribution in [3.63, 3.8) is 0 Å². The van der Waals surface area contributed by atoms with E-state index in [1.807, 2.05) is 13.2 Å². The predicted octanol–water partition coefficient (Wildman–Crippen LogP) is 3.55. The molecule has 0 fully saturated rings. The number of nitrogens with one attached hydrogen (secondary N) is 1. The van der Waals surface area contributed by atoms with Gasteiger partial charge in [0.1, 0.15) is 0 Å². The van der Waals surface area contributed by atoms with E-state index in [-0.39, 0.29) is 0 Å². The average Bonchev–Trinajstić information content (AvgIpc) is 2.26. The van der Waals surface area contributed by atoms with Crippen molar-refractivity contribution in [3.05, 3.63) is 35.4 Å². The third kappa shape index (κ3) is 5.00. The minimum absolute atomic E-state index is 0.291. The summed E-state index contributed by atoms with van der Waals surface area (Å²) in [5.41, 5.74) is 0.0714. The zero-order valence-corrected chi connectivity index (χ0v) is 10.7. The molecule has 5 heteroatoms. The van der Waals surface area contributed by atoms with Crippen LogP contribution in [0.1, 0.15) is 18.1 Å².